The molecular formula is C12H16N2O2. The van der Waals surface area contributed by atoms with E-state index in [0.29, 0.717) is 12.1 Å². The summed E-state index contributed by atoms with van der Waals surface area (Å²) in [4.78, 5) is 25.6. The molecule has 0 spiro atoms. The summed E-state index contributed by atoms with van der Waals surface area (Å²) in [7, 11) is 0. The van der Waals surface area contributed by atoms with Gasteiger partial charge in [-0.25, -0.2) is 0 Å². The molecule has 4 unspecified atom stereocenters. The summed E-state index contributed by atoms with van der Waals surface area (Å²) in [6.07, 6.45) is 5.21. The summed E-state index contributed by atoms with van der Waals surface area (Å²) in [5.74, 6) is 0.391. The summed E-state index contributed by atoms with van der Waals surface area (Å²) < 4.78 is 0. The van der Waals surface area contributed by atoms with E-state index in [9.17, 15) is 9.59 Å². The van der Waals surface area contributed by atoms with E-state index in [2.05, 4.69) is 5.32 Å². The molecule has 3 heterocycles. The van der Waals surface area contributed by atoms with Crippen LogP contribution in [0.1, 0.15) is 32.1 Å². The summed E-state index contributed by atoms with van der Waals surface area (Å²) in [5.41, 5.74) is 0. The van der Waals surface area contributed by atoms with Crippen LogP contribution in [0.5, 0.6) is 0 Å². The number of hydrogen-bond donors (Lipinski definition) is 1. The maximum Gasteiger partial charge on any atom is 0.233 e. The zero-order valence-corrected chi connectivity index (χ0v) is 9.19. The molecule has 3 saturated heterocycles. The number of piperidine rings is 2. The number of fused-ring (bicyclic) bond motifs is 3. The predicted octanol–water partition coefficient (Wildman–Crippen LogP) is 0.274. The molecular weight excluding hydrogens is 204 g/mol. The lowest BCUT2D eigenvalue weighted by atomic mass is 9.98. The lowest BCUT2D eigenvalue weighted by molar-refractivity contribution is -0.145. The van der Waals surface area contributed by atoms with Crippen LogP contribution >= 0.6 is 0 Å². The Bertz CT molecular complexity index is 349. The fraction of sp³-hybridized carbons (Fsp3) is 0.833. The largest absolute Gasteiger partial charge is 0.311 e. The average Bonchev–Trinajstić information content (AvgIpc) is 2.94. The molecule has 0 radical (unpaired) electrons. The van der Waals surface area contributed by atoms with Crippen LogP contribution in [0.4, 0.5) is 0 Å². The van der Waals surface area contributed by atoms with Gasteiger partial charge in [0.1, 0.15) is 0 Å². The third-order valence-electron chi connectivity index (χ3n) is 4.71. The van der Waals surface area contributed by atoms with Crippen LogP contribution in [0.2, 0.25) is 0 Å². The van der Waals surface area contributed by atoms with E-state index < -0.39 is 0 Å². The number of hydrogen-bond acceptors (Lipinski definition) is 3. The molecule has 4 nitrogen and oxygen atoms in total. The van der Waals surface area contributed by atoms with Gasteiger partial charge in [0.2, 0.25) is 11.8 Å². The van der Waals surface area contributed by atoms with Crippen LogP contribution in [-0.4, -0.2) is 34.8 Å². The number of nitrogens with one attached hydrogen (secondary N) is 1. The van der Waals surface area contributed by atoms with Crippen molar-refractivity contribution in [3.8, 4) is 0 Å². The lowest BCUT2D eigenvalue weighted by Gasteiger charge is -2.35. The Hall–Kier alpha value is -0.900. The van der Waals surface area contributed by atoms with Gasteiger partial charge in [-0.1, -0.05) is 0 Å². The molecule has 0 aromatic rings. The van der Waals surface area contributed by atoms with Crippen molar-refractivity contribution in [3.63, 3.8) is 0 Å². The van der Waals surface area contributed by atoms with Crippen molar-refractivity contribution in [1.82, 2.24) is 10.2 Å². The highest BCUT2D eigenvalue weighted by atomic mass is 16.2. The number of nitrogens with zero attached hydrogens (tertiary/aromatic N) is 1. The Morgan fingerprint density at radius 1 is 0.938 bits per heavy atom. The first-order valence-corrected chi connectivity index (χ1v) is 6.37. The second-order valence-corrected chi connectivity index (χ2v) is 5.76. The minimum Gasteiger partial charge on any atom is -0.311 e. The van der Waals surface area contributed by atoms with Gasteiger partial charge in [-0.3, -0.25) is 14.5 Å². The quantitative estimate of drug-likeness (QED) is 0.645. The predicted molar refractivity (Wildman–Crippen MR) is 56.4 cm³/mol. The molecule has 2 bridgehead atoms. The summed E-state index contributed by atoms with van der Waals surface area (Å²) in [6, 6.07) is 1.29. The number of imide groups is 1. The van der Waals surface area contributed by atoms with E-state index in [1.165, 1.54) is 12.8 Å². The van der Waals surface area contributed by atoms with Crippen molar-refractivity contribution < 1.29 is 9.59 Å². The second kappa shape index (κ2) is 2.86. The summed E-state index contributed by atoms with van der Waals surface area (Å²) in [5, 5.41) is 3.55. The molecule has 1 N–H and O–H groups in total. The molecule has 0 aromatic heterocycles. The van der Waals surface area contributed by atoms with Gasteiger partial charge in [0, 0.05) is 18.1 Å². The van der Waals surface area contributed by atoms with Crippen molar-refractivity contribution in [2.45, 2.75) is 50.2 Å². The topological polar surface area (TPSA) is 49.4 Å². The fourth-order valence-electron chi connectivity index (χ4n) is 3.80. The van der Waals surface area contributed by atoms with Gasteiger partial charge in [0.15, 0.2) is 0 Å². The molecule has 16 heavy (non-hydrogen) atoms. The molecule has 3 aliphatic heterocycles. The monoisotopic (exact) mass is 220 g/mol. The Kier molecular flexibility index (Phi) is 1.64. The molecule has 2 amide bonds. The van der Waals surface area contributed by atoms with E-state index in [1.54, 1.807) is 4.90 Å². The standard InChI is InChI=1S/C12H16N2O2/c15-11-9-5-10(9)12(16)14(11)8-3-6-1-2-7(4-8)13-6/h6-10,13H,1-5H2. The van der Waals surface area contributed by atoms with Gasteiger partial charge < -0.3 is 5.32 Å². The maximum atomic E-state index is 12.0. The third-order valence-corrected chi connectivity index (χ3v) is 4.71. The maximum absolute atomic E-state index is 12.0. The molecule has 86 valence electrons. The van der Waals surface area contributed by atoms with Gasteiger partial charge in [0.25, 0.3) is 0 Å². The Balaban J connectivity index is 1.58. The van der Waals surface area contributed by atoms with Crippen molar-refractivity contribution in [1.29, 1.82) is 0 Å². The Morgan fingerprint density at radius 3 is 2.06 bits per heavy atom. The van der Waals surface area contributed by atoms with Gasteiger partial charge in [-0.15, -0.1) is 0 Å². The van der Waals surface area contributed by atoms with Crippen molar-refractivity contribution in [2.75, 3.05) is 0 Å². The summed E-state index contributed by atoms with van der Waals surface area (Å²) in [6.45, 7) is 0. The normalized spacial score (nSPS) is 49.8. The number of rotatable bonds is 1. The number of carbonyl (C=O) groups is 2. The van der Waals surface area contributed by atoms with E-state index in [4.69, 9.17) is 0 Å². The lowest BCUT2D eigenvalue weighted by Crippen LogP contribution is -2.51. The zero-order valence-electron chi connectivity index (χ0n) is 9.19. The Morgan fingerprint density at radius 2 is 1.50 bits per heavy atom. The van der Waals surface area contributed by atoms with E-state index in [0.717, 1.165) is 19.3 Å². The molecule has 4 rings (SSSR count). The first-order chi connectivity index (χ1) is 7.74. The van der Waals surface area contributed by atoms with Crippen LogP contribution in [0.15, 0.2) is 0 Å². The smallest absolute Gasteiger partial charge is 0.233 e. The molecule has 4 aliphatic rings. The molecule has 4 fully saturated rings. The van der Waals surface area contributed by atoms with Crippen LogP contribution < -0.4 is 5.32 Å². The van der Waals surface area contributed by atoms with E-state index in [1.807, 2.05) is 0 Å². The molecule has 4 heteroatoms. The van der Waals surface area contributed by atoms with Gasteiger partial charge >= 0.3 is 0 Å². The Labute approximate surface area is 94.4 Å². The highest BCUT2D eigenvalue weighted by Crippen LogP contribution is 2.49. The van der Waals surface area contributed by atoms with E-state index >= 15 is 0 Å². The first-order valence-electron chi connectivity index (χ1n) is 6.37. The zero-order chi connectivity index (χ0) is 10.9. The SMILES string of the molecule is O=C1C2CC2C(=O)N1C1CC2CCC(C1)N2. The van der Waals surface area contributed by atoms with Crippen molar-refractivity contribution in [2.24, 2.45) is 11.8 Å². The molecule has 0 aromatic carbocycles. The van der Waals surface area contributed by atoms with E-state index in [-0.39, 0.29) is 29.7 Å². The average molecular weight is 220 g/mol. The first kappa shape index (κ1) is 9.16. The summed E-state index contributed by atoms with van der Waals surface area (Å²) >= 11 is 0. The minimum atomic E-state index is 0.0695. The molecule has 1 saturated carbocycles. The molecule has 1 aliphatic carbocycles. The fourth-order valence-corrected chi connectivity index (χ4v) is 3.80. The van der Waals surface area contributed by atoms with Crippen LogP contribution in [0.3, 0.4) is 0 Å². The number of likely N-dealkylation sites (tertiary alicyclic amines) is 1. The molecule has 4 atom stereocenters. The van der Waals surface area contributed by atoms with Crippen LogP contribution in [0.25, 0.3) is 0 Å². The van der Waals surface area contributed by atoms with Crippen LogP contribution in [0, 0.1) is 11.8 Å². The second-order valence-electron chi connectivity index (χ2n) is 5.76. The number of amides is 2. The van der Waals surface area contributed by atoms with Crippen molar-refractivity contribution in [3.05, 3.63) is 0 Å². The van der Waals surface area contributed by atoms with Gasteiger partial charge in [0.05, 0.1) is 11.8 Å². The number of carbonyl (C=O) groups excluding carboxylic acids is 2. The third kappa shape index (κ3) is 1.08. The van der Waals surface area contributed by atoms with Crippen LogP contribution in [-0.2, 0) is 9.59 Å². The van der Waals surface area contributed by atoms with Crippen molar-refractivity contribution >= 4 is 11.8 Å². The van der Waals surface area contributed by atoms with Gasteiger partial charge in [-0.05, 0) is 32.1 Å². The highest BCUT2D eigenvalue weighted by molar-refractivity contribution is 6.09. The van der Waals surface area contributed by atoms with Gasteiger partial charge in [-0.2, -0.15) is 0 Å². The highest BCUT2D eigenvalue weighted by Gasteiger charge is 2.60. The minimum absolute atomic E-state index is 0.0695.